The molecule has 1 aliphatic heterocycles. The molecule has 2 aromatic rings. The highest BCUT2D eigenvalue weighted by Crippen LogP contribution is 2.22. The Balaban J connectivity index is 1.72. The van der Waals surface area contributed by atoms with Gasteiger partial charge in [-0.15, -0.1) is 0 Å². The van der Waals surface area contributed by atoms with E-state index in [2.05, 4.69) is 45.1 Å². The van der Waals surface area contributed by atoms with Crippen molar-refractivity contribution in [2.45, 2.75) is 32.7 Å². The van der Waals surface area contributed by atoms with E-state index < -0.39 is 0 Å². The first-order chi connectivity index (χ1) is 10.2. The van der Waals surface area contributed by atoms with Crippen LogP contribution in [0.2, 0.25) is 0 Å². The van der Waals surface area contributed by atoms with Crippen molar-refractivity contribution in [3.63, 3.8) is 0 Å². The molecule has 0 saturated carbocycles. The van der Waals surface area contributed by atoms with Gasteiger partial charge in [0.15, 0.2) is 5.65 Å². The summed E-state index contributed by atoms with van der Waals surface area (Å²) in [5.41, 5.74) is 1.59. The summed E-state index contributed by atoms with van der Waals surface area (Å²) in [7, 11) is 0. The number of aromatic nitrogens is 3. The molecular formula is C16H23N5. The van der Waals surface area contributed by atoms with E-state index in [0.29, 0.717) is 12.0 Å². The van der Waals surface area contributed by atoms with Gasteiger partial charge in [-0.3, -0.25) is 4.98 Å². The highest BCUT2D eigenvalue weighted by Gasteiger charge is 2.21. The van der Waals surface area contributed by atoms with Crippen molar-refractivity contribution >= 4 is 17.0 Å². The average Bonchev–Trinajstić information content (AvgIpc) is 2.53. The molecule has 0 amide bonds. The second-order valence-electron chi connectivity index (χ2n) is 6.09. The second-order valence-corrected chi connectivity index (χ2v) is 6.09. The van der Waals surface area contributed by atoms with E-state index in [9.17, 15) is 0 Å². The number of piperidine rings is 1. The van der Waals surface area contributed by atoms with Crippen molar-refractivity contribution < 1.29 is 0 Å². The van der Waals surface area contributed by atoms with E-state index >= 15 is 0 Å². The van der Waals surface area contributed by atoms with Crippen LogP contribution in [0.5, 0.6) is 0 Å². The van der Waals surface area contributed by atoms with Gasteiger partial charge in [0.1, 0.15) is 11.3 Å². The van der Waals surface area contributed by atoms with Gasteiger partial charge in [-0.1, -0.05) is 13.8 Å². The fourth-order valence-corrected chi connectivity index (χ4v) is 2.86. The maximum atomic E-state index is 4.66. The lowest BCUT2D eigenvalue weighted by molar-refractivity contribution is 0.378. The first-order valence-corrected chi connectivity index (χ1v) is 7.78. The summed E-state index contributed by atoms with van der Waals surface area (Å²) < 4.78 is 0. The van der Waals surface area contributed by atoms with Gasteiger partial charge in [-0.05, 0) is 37.4 Å². The predicted octanol–water partition coefficient (Wildman–Crippen LogP) is 2.24. The zero-order valence-corrected chi connectivity index (χ0v) is 12.8. The Morgan fingerprint density at radius 3 is 3.00 bits per heavy atom. The molecule has 5 nitrogen and oxygen atoms in total. The quantitative estimate of drug-likeness (QED) is 0.933. The number of nitrogens with one attached hydrogen (secondary N) is 1. The van der Waals surface area contributed by atoms with Crippen LogP contribution in [0, 0.1) is 5.92 Å². The van der Waals surface area contributed by atoms with Crippen LogP contribution in [0.1, 0.15) is 26.7 Å². The third-order valence-corrected chi connectivity index (χ3v) is 3.97. The molecule has 0 aliphatic carbocycles. The van der Waals surface area contributed by atoms with Gasteiger partial charge in [-0.25, -0.2) is 9.97 Å². The summed E-state index contributed by atoms with van der Waals surface area (Å²) in [6, 6.07) is 4.63. The maximum Gasteiger partial charge on any atom is 0.180 e. The van der Waals surface area contributed by atoms with Gasteiger partial charge in [0.2, 0.25) is 0 Å². The Labute approximate surface area is 125 Å². The number of fused-ring (bicyclic) bond motifs is 1. The Morgan fingerprint density at radius 2 is 2.14 bits per heavy atom. The van der Waals surface area contributed by atoms with Crippen LogP contribution in [-0.2, 0) is 0 Å². The average molecular weight is 285 g/mol. The van der Waals surface area contributed by atoms with Gasteiger partial charge in [0, 0.05) is 31.5 Å². The van der Waals surface area contributed by atoms with Gasteiger partial charge in [0.05, 0.1) is 0 Å². The minimum atomic E-state index is 0.550. The maximum absolute atomic E-state index is 4.66. The van der Waals surface area contributed by atoms with Crippen molar-refractivity contribution in [3.05, 3.63) is 24.5 Å². The van der Waals surface area contributed by atoms with Crippen LogP contribution < -0.4 is 10.2 Å². The molecule has 1 atom stereocenters. The first-order valence-electron chi connectivity index (χ1n) is 7.78. The Morgan fingerprint density at radius 1 is 1.29 bits per heavy atom. The normalized spacial score (nSPS) is 19.4. The van der Waals surface area contributed by atoms with Crippen LogP contribution >= 0.6 is 0 Å². The van der Waals surface area contributed by atoms with Gasteiger partial charge in [-0.2, -0.15) is 0 Å². The zero-order chi connectivity index (χ0) is 14.7. The SMILES string of the molecule is CC(C)NCC1CCCN(c2ccc3nccnc3n2)C1. The largest absolute Gasteiger partial charge is 0.356 e. The topological polar surface area (TPSA) is 53.9 Å². The monoisotopic (exact) mass is 285 g/mol. The highest BCUT2D eigenvalue weighted by molar-refractivity contribution is 5.71. The molecule has 1 N–H and O–H groups in total. The molecule has 0 aromatic carbocycles. The summed E-state index contributed by atoms with van der Waals surface area (Å²) in [5, 5.41) is 3.55. The number of hydrogen-bond acceptors (Lipinski definition) is 5. The fraction of sp³-hybridized carbons (Fsp3) is 0.562. The molecule has 1 aliphatic rings. The van der Waals surface area contributed by atoms with E-state index in [1.807, 2.05) is 6.07 Å². The number of anilines is 1. The molecular weight excluding hydrogens is 262 g/mol. The van der Waals surface area contributed by atoms with Gasteiger partial charge >= 0.3 is 0 Å². The fourth-order valence-electron chi connectivity index (χ4n) is 2.86. The number of rotatable bonds is 4. The molecule has 1 fully saturated rings. The molecule has 21 heavy (non-hydrogen) atoms. The Bertz CT molecular complexity index is 598. The van der Waals surface area contributed by atoms with Crippen LogP contribution in [-0.4, -0.2) is 40.6 Å². The van der Waals surface area contributed by atoms with Crippen molar-refractivity contribution in [2.24, 2.45) is 5.92 Å². The minimum absolute atomic E-state index is 0.550. The van der Waals surface area contributed by atoms with Crippen molar-refractivity contribution in [1.29, 1.82) is 0 Å². The van der Waals surface area contributed by atoms with Gasteiger partial charge < -0.3 is 10.2 Å². The molecule has 3 rings (SSSR count). The summed E-state index contributed by atoms with van der Waals surface area (Å²) in [5.74, 6) is 1.72. The lowest BCUT2D eigenvalue weighted by atomic mass is 9.97. The van der Waals surface area contributed by atoms with Crippen LogP contribution in [0.15, 0.2) is 24.5 Å². The van der Waals surface area contributed by atoms with Crippen molar-refractivity contribution in [1.82, 2.24) is 20.3 Å². The first kappa shape index (κ1) is 14.2. The molecule has 0 radical (unpaired) electrons. The molecule has 5 heteroatoms. The molecule has 2 aromatic heterocycles. The van der Waals surface area contributed by atoms with Crippen LogP contribution in [0.4, 0.5) is 5.82 Å². The van der Waals surface area contributed by atoms with E-state index in [1.165, 1.54) is 12.8 Å². The second kappa shape index (κ2) is 6.35. The zero-order valence-electron chi connectivity index (χ0n) is 12.8. The molecule has 112 valence electrons. The predicted molar refractivity (Wildman–Crippen MR) is 85.4 cm³/mol. The van der Waals surface area contributed by atoms with E-state index in [0.717, 1.165) is 36.6 Å². The van der Waals surface area contributed by atoms with Gasteiger partial charge in [0.25, 0.3) is 0 Å². The van der Waals surface area contributed by atoms with E-state index in [4.69, 9.17) is 0 Å². The minimum Gasteiger partial charge on any atom is -0.356 e. The number of hydrogen-bond donors (Lipinski definition) is 1. The lowest BCUT2D eigenvalue weighted by Crippen LogP contribution is -2.41. The molecule has 0 bridgehead atoms. The standard InChI is InChI=1S/C16H23N5/c1-12(2)19-10-13-4-3-9-21(11-13)15-6-5-14-16(20-15)18-8-7-17-14/h5-8,12-13,19H,3-4,9-11H2,1-2H3. The summed E-state index contributed by atoms with van der Waals surface area (Å²) >= 11 is 0. The molecule has 1 unspecified atom stereocenters. The summed E-state index contributed by atoms with van der Waals surface area (Å²) in [6.07, 6.45) is 5.93. The third kappa shape index (κ3) is 3.47. The smallest absolute Gasteiger partial charge is 0.180 e. The Kier molecular flexibility index (Phi) is 4.29. The van der Waals surface area contributed by atoms with Crippen molar-refractivity contribution in [3.8, 4) is 0 Å². The van der Waals surface area contributed by atoms with Crippen molar-refractivity contribution in [2.75, 3.05) is 24.5 Å². The number of pyridine rings is 1. The van der Waals surface area contributed by atoms with Crippen LogP contribution in [0.3, 0.4) is 0 Å². The molecule has 1 saturated heterocycles. The van der Waals surface area contributed by atoms with E-state index in [-0.39, 0.29) is 0 Å². The summed E-state index contributed by atoms with van der Waals surface area (Å²) in [4.78, 5) is 15.6. The molecule has 3 heterocycles. The lowest BCUT2D eigenvalue weighted by Gasteiger charge is -2.34. The van der Waals surface area contributed by atoms with Crippen LogP contribution in [0.25, 0.3) is 11.2 Å². The molecule has 0 spiro atoms. The summed E-state index contributed by atoms with van der Waals surface area (Å²) in [6.45, 7) is 7.63. The van der Waals surface area contributed by atoms with E-state index in [1.54, 1.807) is 12.4 Å². The number of nitrogens with zero attached hydrogens (tertiary/aromatic N) is 4. The Hall–Kier alpha value is -1.75. The third-order valence-electron chi connectivity index (χ3n) is 3.97. The highest BCUT2D eigenvalue weighted by atomic mass is 15.2.